The first-order valence-corrected chi connectivity index (χ1v) is 8.80. The number of para-hydroxylation sites is 1. The van der Waals surface area contributed by atoms with Crippen LogP contribution in [0.5, 0.6) is 0 Å². The first-order chi connectivity index (χ1) is 10.2. The molecule has 1 aromatic rings. The van der Waals surface area contributed by atoms with Gasteiger partial charge in [0, 0.05) is 42.9 Å². The molecular weight excluding hydrogens is 282 g/mol. The quantitative estimate of drug-likeness (QED) is 0.878. The van der Waals surface area contributed by atoms with Gasteiger partial charge in [-0.3, -0.25) is 4.90 Å². The van der Waals surface area contributed by atoms with Gasteiger partial charge in [0.2, 0.25) is 0 Å². The van der Waals surface area contributed by atoms with Crippen molar-refractivity contribution in [3.05, 3.63) is 29.8 Å². The molecule has 1 saturated heterocycles. The van der Waals surface area contributed by atoms with E-state index in [4.69, 9.17) is 0 Å². The van der Waals surface area contributed by atoms with Crippen LogP contribution in [0.25, 0.3) is 0 Å². The Morgan fingerprint density at radius 1 is 1.33 bits per heavy atom. The zero-order valence-electron chi connectivity index (χ0n) is 12.9. The Balaban J connectivity index is 1.97. The van der Waals surface area contributed by atoms with E-state index in [1.165, 1.54) is 17.1 Å². The molecule has 0 bridgehead atoms. The number of nitrogens with one attached hydrogen (secondary N) is 2. The van der Waals surface area contributed by atoms with Gasteiger partial charge in [0.1, 0.15) is 0 Å². The minimum atomic E-state index is -0.119. The van der Waals surface area contributed by atoms with Gasteiger partial charge in [0.15, 0.2) is 0 Å². The molecule has 5 heteroatoms. The predicted octanol–water partition coefficient (Wildman–Crippen LogP) is 3.16. The van der Waals surface area contributed by atoms with Crippen LogP contribution in [0.3, 0.4) is 0 Å². The van der Waals surface area contributed by atoms with Crippen molar-refractivity contribution in [3.8, 4) is 0 Å². The van der Waals surface area contributed by atoms with Crippen molar-refractivity contribution < 1.29 is 4.79 Å². The van der Waals surface area contributed by atoms with Crippen LogP contribution in [0.2, 0.25) is 0 Å². The molecule has 1 aliphatic heterocycles. The SMILES string of the molecule is CCC(C)NC(=O)Nc1ccccc1CN1CCSCC1. The Bertz CT molecular complexity index is 461. The average molecular weight is 307 g/mol. The van der Waals surface area contributed by atoms with E-state index in [1.54, 1.807) is 0 Å². The third-order valence-electron chi connectivity index (χ3n) is 3.75. The summed E-state index contributed by atoms with van der Waals surface area (Å²) in [5.74, 6) is 2.40. The van der Waals surface area contributed by atoms with Gasteiger partial charge in [-0.2, -0.15) is 11.8 Å². The van der Waals surface area contributed by atoms with Gasteiger partial charge in [-0.15, -0.1) is 0 Å². The first kappa shape index (κ1) is 16.2. The number of nitrogens with zero attached hydrogens (tertiary/aromatic N) is 1. The lowest BCUT2D eigenvalue weighted by atomic mass is 10.1. The molecule has 2 rings (SSSR count). The third kappa shape index (κ3) is 5.25. The van der Waals surface area contributed by atoms with Gasteiger partial charge < -0.3 is 10.6 Å². The molecule has 1 aromatic carbocycles. The van der Waals surface area contributed by atoms with Gasteiger partial charge in [-0.05, 0) is 25.0 Å². The predicted molar refractivity (Wildman–Crippen MR) is 91.0 cm³/mol. The second-order valence-corrected chi connectivity index (χ2v) is 6.68. The van der Waals surface area contributed by atoms with E-state index in [2.05, 4.69) is 28.5 Å². The summed E-state index contributed by atoms with van der Waals surface area (Å²) in [4.78, 5) is 14.4. The molecule has 1 fully saturated rings. The summed E-state index contributed by atoms with van der Waals surface area (Å²) in [6.45, 7) is 7.22. The van der Waals surface area contributed by atoms with E-state index < -0.39 is 0 Å². The van der Waals surface area contributed by atoms with Crippen LogP contribution in [0.15, 0.2) is 24.3 Å². The Hall–Kier alpha value is -1.20. The number of benzene rings is 1. The van der Waals surface area contributed by atoms with Crippen molar-refractivity contribution in [2.45, 2.75) is 32.9 Å². The van der Waals surface area contributed by atoms with E-state index >= 15 is 0 Å². The number of amides is 2. The monoisotopic (exact) mass is 307 g/mol. The molecule has 0 aliphatic carbocycles. The number of carbonyl (C=O) groups excluding carboxylic acids is 1. The maximum absolute atomic E-state index is 12.0. The standard InChI is InChI=1S/C16H25N3OS/c1-3-13(2)17-16(20)18-15-7-5-4-6-14(15)12-19-8-10-21-11-9-19/h4-7,13H,3,8-12H2,1-2H3,(H2,17,18,20). The largest absolute Gasteiger partial charge is 0.335 e. The summed E-state index contributed by atoms with van der Waals surface area (Å²) < 4.78 is 0. The number of carbonyl (C=O) groups is 1. The fourth-order valence-electron chi connectivity index (χ4n) is 2.26. The molecule has 0 saturated carbocycles. The lowest BCUT2D eigenvalue weighted by Crippen LogP contribution is -2.36. The highest BCUT2D eigenvalue weighted by Gasteiger charge is 2.14. The Morgan fingerprint density at radius 3 is 2.76 bits per heavy atom. The molecule has 1 aliphatic rings. The van der Waals surface area contributed by atoms with Crippen molar-refractivity contribution in [1.82, 2.24) is 10.2 Å². The Morgan fingerprint density at radius 2 is 2.05 bits per heavy atom. The Kier molecular flexibility index (Phi) is 6.39. The highest BCUT2D eigenvalue weighted by Crippen LogP contribution is 2.19. The summed E-state index contributed by atoms with van der Waals surface area (Å²) in [5.41, 5.74) is 2.10. The molecule has 0 radical (unpaired) electrons. The lowest BCUT2D eigenvalue weighted by molar-refractivity contribution is 0.249. The number of urea groups is 1. The van der Waals surface area contributed by atoms with Crippen LogP contribution < -0.4 is 10.6 Å². The maximum atomic E-state index is 12.0. The van der Waals surface area contributed by atoms with E-state index in [0.29, 0.717) is 0 Å². The molecule has 116 valence electrons. The maximum Gasteiger partial charge on any atom is 0.319 e. The third-order valence-corrected chi connectivity index (χ3v) is 4.70. The second kappa shape index (κ2) is 8.29. The van der Waals surface area contributed by atoms with E-state index in [9.17, 15) is 4.79 Å². The van der Waals surface area contributed by atoms with Gasteiger partial charge in [0.25, 0.3) is 0 Å². The van der Waals surface area contributed by atoms with Gasteiger partial charge in [-0.25, -0.2) is 4.79 Å². The molecule has 21 heavy (non-hydrogen) atoms. The zero-order valence-corrected chi connectivity index (χ0v) is 13.7. The molecule has 4 nitrogen and oxygen atoms in total. The molecule has 2 N–H and O–H groups in total. The van der Waals surface area contributed by atoms with Crippen molar-refractivity contribution >= 4 is 23.5 Å². The van der Waals surface area contributed by atoms with Crippen molar-refractivity contribution in [2.75, 3.05) is 29.9 Å². The van der Waals surface area contributed by atoms with E-state index in [-0.39, 0.29) is 12.1 Å². The average Bonchev–Trinajstić information content (AvgIpc) is 2.50. The van der Waals surface area contributed by atoms with Gasteiger partial charge >= 0.3 is 6.03 Å². The molecular formula is C16H25N3OS. The number of anilines is 1. The number of hydrogen-bond acceptors (Lipinski definition) is 3. The Labute approximate surface area is 131 Å². The fourth-order valence-corrected chi connectivity index (χ4v) is 3.24. The molecule has 1 unspecified atom stereocenters. The second-order valence-electron chi connectivity index (χ2n) is 5.45. The summed E-state index contributed by atoms with van der Waals surface area (Å²) in [7, 11) is 0. The van der Waals surface area contributed by atoms with Crippen LogP contribution in [-0.2, 0) is 6.54 Å². The van der Waals surface area contributed by atoms with Crippen LogP contribution in [0.1, 0.15) is 25.8 Å². The van der Waals surface area contributed by atoms with E-state index in [1.807, 2.05) is 36.9 Å². The molecule has 1 atom stereocenters. The number of rotatable bonds is 5. The van der Waals surface area contributed by atoms with Gasteiger partial charge in [-0.1, -0.05) is 25.1 Å². The summed E-state index contributed by atoms with van der Waals surface area (Å²) in [6.07, 6.45) is 0.931. The van der Waals surface area contributed by atoms with Crippen molar-refractivity contribution in [2.24, 2.45) is 0 Å². The summed E-state index contributed by atoms with van der Waals surface area (Å²) in [6, 6.07) is 8.15. The first-order valence-electron chi connectivity index (χ1n) is 7.64. The van der Waals surface area contributed by atoms with E-state index in [0.717, 1.165) is 31.7 Å². The fraction of sp³-hybridized carbons (Fsp3) is 0.562. The van der Waals surface area contributed by atoms with Crippen LogP contribution in [0, 0.1) is 0 Å². The van der Waals surface area contributed by atoms with Crippen LogP contribution in [0.4, 0.5) is 10.5 Å². The van der Waals surface area contributed by atoms with Gasteiger partial charge in [0.05, 0.1) is 0 Å². The van der Waals surface area contributed by atoms with Crippen LogP contribution in [-0.4, -0.2) is 41.6 Å². The van der Waals surface area contributed by atoms with Crippen molar-refractivity contribution in [3.63, 3.8) is 0 Å². The molecule has 2 amide bonds. The highest BCUT2D eigenvalue weighted by molar-refractivity contribution is 7.99. The number of thioether (sulfide) groups is 1. The number of hydrogen-bond donors (Lipinski definition) is 2. The summed E-state index contributed by atoms with van der Waals surface area (Å²) in [5, 5.41) is 5.93. The smallest absolute Gasteiger partial charge is 0.319 e. The summed E-state index contributed by atoms with van der Waals surface area (Å²) >= 11 is 2.01. The minimum Gasteiger partial charge on any atom is -0.335 e. The lowest BCUT2D eigenvalue weighted by Gasteiger charge is -2.27. The normalized spacial score (nSPS) is 17.2. The topological polar surface area (TPSA) is 44.4 Å². The highest BCUT2D eigenvalue weighted by atomic mass is 32.2. The van der Waals surface area contributed by atoms with Crippen molar-refractivity contribution in [1.29, 1.82) is 0 Å². The van der Waals surface area contributed by atoms with Crippen LogP contribution >= 0.6 is 11.8 Å². The molecule has 0 spiro atoms. The zero-order chi connectivity index (χ0) is 15.1. The molecule has 0 aromatic heterocycles. The molecule has 1 heterocycles. The minimum absolute atomic E-state index is 0.119.